The zero-order valence-electron chi connectivity index (χ0n) is 30.1. The van der Waals surface area contributed by atoms with Gasteiger partial charge < -0.3 is 51.1 Å². The molecule has 0 spiro atoms. The van der Waals surface area contributed by atoms with Gasteiger partial charge in [0.15, 0.2) is 46.0 Å². The molecule has 4 saturated carbocycles. The zero-order chi connectivity index (χ0) is 39.3. The van der Waals surface area contributed by atoms with E-state index in [2.05, 4.69) is 0 Å². The van der Waals surface area contributed by atoms with Gasteiger partial charge in [-0.1, -0.05) is 24.3 Å². The second-order valence-corrected chi connectivity index (χ2v) is 16.2. The van der Waals surface area contributed by atoms with Gasteiger partial charge in [-0.15, -0.1) is 0 Å². The quantitative estimate of drug-likeness (QED) is 0.0731. The van der Waals surface area contributed by atoms with Crippen molar-refractivity contribution in [2.24, 2.45) is 11.8 Å². The van der Waals surface area contributed by atoms with E-state index in [9.17, 15) is 51.1 Å². The topological polar surface area (TPSA) is 202 Å². The average Bonchev–Trinajstić information content (AvgIpc) is 3.16. The fourth-order valence-electron chi connectivity index (χ4n) is 10.5. The Morgan fingerprint density at radius 3 is 0.857 bits per heavy atom. The predicted octanol–water partition coefficient (Wildman–Crippen LogP) is 9.20. The smallest absolute Gasteiger partial charge is 0.158 e. The Morgan fingerprint density at radius 1 is 0.339 bits per heavy atom. The Hall–Kier alpha value is -6.68. The SMILES string of the molecule is Oc1ccc(-c2cc(C34CC5CC(C3)CC(c3cc(-c6ccc(O)c(O)c6)c(O)c(-c6ccc(O)c(O)c6)c3)(C5)C4)cc(-c3ccc(O)c(O)c3)c2O)cc1O. The number of phenolic OH excluding ortho intramolecular Hbond substituents is 10. The van der Waals surface area contributed by atoms with E-state index in [-0.39, 0.29) is 68.3 Å². The molecular weight excluding hydrogens is 712 g/mol. The first-order valence-corrected chi connectivity index (χ1v) is 18.6. The molecule has 0 radical (unpaired) electrons. The minimum atomic E-state index is -0.384. The summed E-state index contributed by atoms with van der Waals surface area (Å²) in [5, 5.41) is 106. The van der Waals surface area contributed by atoms with Crippen LogP contribution in [0.1, 0.15) is 49.7 Å². The maximum atomic E-state index is 11.8. The highest BCUT2D eigenvalue weighted by molar-refractivity contribution is 5.86. The summed E-state index contributed by atoms with van der Waals surface area (Å²) in [6.07, 6.45) is 5.29. The second kappa shape index (κ2) is 12.4. The molecule has 10 rings (SSSR count). The van der Waals surface area contributed by atoms with E-state index < -0.39 is 0 Å². The Bertz CT molecular complexity index is 2260. The normalized spacial score (nSPS) is 22.4. The third-order valence-electron chi connectivity index (χ3n) is 12.7. The predicted molar refractivity (Wildman–Crippen MR) is 209 cm³/mol. The fraction of sp³-hybridized carbons (Fsp3) is 0.217. The van der Waals surface area contributed by atoms with Crippen LogP contribution < -0.4 is 0 Å². The van der Waals surface area contributed by atoms with Crippen molar-refractivity contribution in [2.75, 3.05) is 0 Å². The monoisotopic (exact) mass is 752 g/mol. The maximum absolute atomic E-state index is 11.8. The van der Waals surface area contributed by atoms with Crippen LogP contribution in [0.25, 0.3) is 44.5 Å². The highest BCUT2D eigenvalue weighted by atomic mass is 16.3. The second-order valence-electron chi connectivity index (χ2n) is 16.2. The molecule has 284 valence electrons. The summed E-state index contributed by atoms with van der Waals surface area (Å²) in [4.78, 5) is 0. The van der Waals surface area contributed by atoms with Gasteiger partial charge in [0.1, 0.15) is 11.5 Å². The Balaban J connectivity index is 1.24. The molecule has 0 aromatic heterocycles. The summed E-state index contributed by atoms with van der Waals surface area (Å²) in [6.45, 7) is 0. The fourth-order valence-corrected chi connectivity index (χ4v) is 10.5. The van der Waals surface area contributed by atoms with Crippen LogP contribution in [0.4, 0.5) is 0 Å². The number of hydrogen-bond acceptors (Lipinski definition) is 10. The lowest BCUT2D eigenvalue weighted by Gasteiger charge is -2.63. The molecule has 10 nitrogen and oxygen atoms in total. The van der Waals surface area contributed by atoms with Crippen LogP contribution in [0.15, 0.2) is 97.1 Å². The van der Waals surface area contributed by atoms with Gasteiger partial charge in [0, 0.05) is 22.3 Å². The van der Waals surface area contributed by atoms with E-state index in [0.29, 0.717) is 62.8 Å². The van der Waals surface area contributed by atoms with Crippen molar-refractivity contribution in [3.8, 4) is 102 Å². The van der Waals surface area contributed by atoms with Crippen molar-refractivity contribution >= 4 is 0 Å². The van der Waals surface area contributed by atoms with Crippen LogP contribution >= 0.6 is 0 Å². The Kier molecular flexibility index (Phi) is 7.78. The average molecular weight is 753 g/mol. The molecule has 6 aromatic rings. The molecule has 4 aliphatic carbocycles. The molecule has 4 fully saturated rings. The van der Waals surface area contributed by atoms with Crippen LogP contribution in [0.5, 0.6) is 57.5 Å². The molecule has 10 heteroatoms. The molecule has 0 saturated heterocycles. The van der Waals surface area contributed by atoms with Gasteiger partial charge in [-0.2, -0.15) is 0 Å². The van der Waals surface area contributed by atoms with Gasteiger partial charge >= 0.3 is 0 Å². The number of rotatable bonds is 6. The van der Waals surface area contributed by atoms with Gasteiger partial charge in [-0.05, 0) is 167 Å². The first-order chi connectivity index (χ1) is 26.7. The molecule has 0 atom stereocenters. The van der Waals surface area contributed by atoms with Gasteiger partial charge in [0.2, 0.25) is 0 Å². The summed E-state index contributed by atoms with van der Waals surface area (Å²) >= 11 is 0. The first-order valence-electron chi connectivity index (χ1n) is 18.6. The molecule has 0 heterocycles. The van der Waals surface area contributed by atoms with Gasteiger partial charge in [0.05, 0.1) is 0 Å². The van der Waals surface area contributed by atoms with Gasteiger partial charge in [-0.25, -0.2) is 0 Å². The number of phenols is 10. The third kappa shape index (κ3) is 5.54. The third-order valence-corrected chi connectivity index (χ3v) is 12.7. The lowest BCUT2D eigenvalue weighted by Crippen LogP contribution is -2.56. The summed E-state index contributed by atoms with van der Waals surface area (Å²) in [6, 6.07) is 25.4. The number of benzene rings is 6. The van der Waals surface area contributed by atoms with E-state index in [1.54, 1.807) is 24.3 Å². The zero-order valence-corrected chi connectivity index (χ0v) is 30.1. The molecule has 0 amide bonds. The van der Waals surface area contributed by atoms with E-state index in [0.717, 1.165) is 43.2 Å². The molecule has 56 heavy (non-hydrogen) atoms. The molecule has 0 aliphatic heterocycles. The van der Waals surface area contributed by atoms with Crippen molar-refractivity contribution in [3.05, 3.63) is 108 Å². The van der Waals surface area contributed by atoms with Crippen LogP contribution in [-0.2, 0) is 10.8 Å². The van der Waals surface area contributed by atoms with Crippen molar-refractivity contribution in [1.29, 1.82) is 0 Å². The lowest BCUT2D eigenvalue weighted by molar-refractivity contribution is -0.0280. The van der Waals surface area contributed by atoms with Crippen LogP contribution in [0.2, 0.25) is 0 Å². The Labute approximate surface area is 321 Å². The molecule has 0 unspecified atom stereocenters. The maximum Gasteiger partial charge on any atom is 0.158 e. The van der Waals surface area contributed by atoms with Crippen LogP contribution in [-0.4, -0.2) is 51.1 Å². The molecule has 4 aliphatic rings. The Morgan fingerprint density at radius 2 is 0.607 bits per heavy atom. The summed E-state index contributed by atoms with van der Waals surface area (Å²) in [5.41, 5.74) is 4.78. The number of aromatic hydroxyl groups is 10. The minimum absolute atomic E-state index is 0.0921. The first kappa shape index (κ1) is 35.0. The highest BCUT2D eigenvalue weighted by Gasteiger charge is 2.59. The summed E-state index contributed by atoms with van der Waals surface area (Å²) in [7, 11) is 0. The van der Waals surface area contributed by atoms with Crippen molar-refractivity contribution in [1.82, 2.24) is 0 Å². The van der Waals surface area contributed by atoms with Gasteiger partial charge in [-0.3, -0.25) is 0 Å². The van der Waals surface area contributed by atoms with E-state index >= 15 is 0 Å². The molecular formula is C46H40O10. The molecule has 10 N–H and O–H groups in total. The van der Waals surface area contributed by atoms with Crippen molar-refractivity contribution in [3.63, 3.8) is 0 Å². The lowest BCUT2D eigenvalue weighted by atomic mass is 9.41. The van der Waals surface area contributed by atoms with Crippen molar-refractivity contribution in [2.45, 2.75) is 49.4 Å². The van der Waals surface area contributed by atoms with E-state index in [4.69, 9.17) is 0 Å². The summed E-state index contributed by atoms with van der Waals surface area (Å²) < 4.78 is 0. The number of hydrogen-bond donors (Lipinski definition) is 10. The highest BCUT2D eigenvalue weighted by Crippen LogP contribution is 2.67. The van der Waals surface area contributed by atoms with Crippen molar-refractivity contribution < 1.29 is 51.1 Å². The van der Waals surface area contributed by atoms with E-state index in [1.807, 2.05) is 24.3 Å². The standard InChI is InChI=1S/C46H40O10/c47-35-5-1-25(10-39(35)51)31-14-29(15-32(43(31)55)26-2-6-36(48)40(52)11-26)45-18-23-9-24(19-45)21-46(20-23,22-45)30-16-33(27-3-7-37(49)41(53)12-27)44(56)34(17-30)28-4-8-38(50)42(54)13-28/h1-8,10-17,23-24,47-56H,9,18-22H2. The summed E-state index contributed by atoms with van der Waals surface area (Å²) in [5.74, 6) is -2.06. The largest absolute Gasteiger partial charge is 0.507 e. The molecule has 6 aromatic carbocycles. The minimum Gasteiger partial charge on any atom is -0.507 e. The van der Waals surface area contributed by atoms with E-state index in [1.165, 1.54) is 48.5 Å². The van der Waals surface area contributed by atoms with Crippen LogP contribution in [0.3, 0.4) is 0 Å². The van der Waals surface area contributed by atoms with Crippen LogP contribution in [0, 0.1) is 11.8 Å². The molecule has 4 bridgehead atoms. The van der Waals surface area contributed by atoms with Gasteiger partial charge in [0.25, 0.3) is 0 Å².